The van der Waals surface area contributed by atoms with E-state index in [1.54, 1.807) is 16.7 Å². The Morgan fingerprint density at radius 1 is 1.17 bits per heavy atom. The van der Waals surface area contributed by atoms with Crippen LogP contribution in [0.2, 0.25) is 0 Å². The Kier molecular flexibility index (Phi) is 5.94. The van der Waals surface area contributed by atoms with E-state index in [0.29, 0.717) is 25.1 Å². The quantitative estimate of drug-likeness (QED) is 0.642. The Labute approximate surface area is 179 Å². The van der Waals surface area contributed by atoms with Crippen molar-refractivity contribution in [3.05, 3.63) is 60.2 Å². The first-order valence-corrected chi connectivity index (χ1v) is 11.1. The molecule has 7 nitrogen and oxygen atoms in total. The summed E-state index contributed by atoms with van der Waals surface area (Å²) in [6.45, 7) is 0.334. The van der Waals surface area contributed by atoms with Crippen molar-refractivity contribution in [1.82, 2.24) is 15.5 Å². The molecule has 30 heavy (non-hydrogen) atoms. The van der Waals surface area contributed by atoms with Crippen LogP contribution in [0.15, 0.2) is 59.5 Å². The summed E-state index contributed by atoms with van der Waals surface area (Å²) < 4.78 is 0. The number of nitrogens with one attached hydrogen (secondary N) is 3. The number of carbonyl (C=O) groups excluding carboxylic acids is 3. The number of urea groups is 1. The molecule has 0 aromatic heterocycles. The van der Waals surface area contributed by atoms with Gasteiger partial charge in [-0.25, -0.2) is 4.79 Å². The van der Waals surface area contributed by atoms with E-state index >= 15 is 0 Å². The minimum Gasteiger partial charge on any atom is -0.342 e. The maximum Gasteiger partial charge on any atom is 0.319 e. The van der Waals surface area contributed by atoms with E-state index in [2.05, 4.69) is 16.0 Å². The number of carbonyl (C=O) groups is 3. The van der Waals surface area contributed by atoms with E-state index in [-0.39, 0.29) is 23.9 Å². The largest absolute Gasteiger partial charge is 0.342 e. The van der Waals surface area contributed by atoms with E-state index < -0.39 is 12.1 Å². The molecule has 2 aliphatic rings. The van der Waals surface area contributed by atoms with Crippen LogP contribution in [-0.4, -0.2) is 53.7 Å². The van der Waals surface area contributed by atoms with Gasteiger partial charge in [-0.05, 0) is 36.4 Å². The van der Waals surface area contributed by atoms with Gasteiger partial charge in [0.25, 0.3) is 0 Å². The van der Waals surface area contributed by atoms with Gasteiger partial charge in [-0.15, -0.1) is 11.8 Å². The van der Waals surface area contributed by atoms with Gasteiger partial charge in [-0.1, -0.05) is 36.4 Å². The van der Waals surface area contributed by atoms with Gasteiger partial charge in [0.2, 0.25) is 11.8 Å². The van der Waals surface area contributed by atoms with E-state index in [1.807, 2.05) is 60.9 Å². The molecular formula is C22H24N4O3S. The molecule has 156 valence electrons. The van der Waals surface area contributed by atoms with Gasteiger partial charge in [0.05, 0.1) is 6.04 Å². The van der Waals surface area contributed by atoms with E-state index in [9.17, 15) is 14.4 Å². The number of piperazine rings is 1. The number of benzene rings is 2. The van der Waals surface area contributed by atoms with Crippen molar-refractivity contribution in [2.24, 2.45) is 0 Å². The maximum atomic E-state index is 12.9. The van der Waals surface area contributed by atoms with Gasteiger partial charge in [0, 0.05) is 23.5 Å². The molecule has 3 N–H and O–H groups in total. The van der Waals surface area contributed by atoms with Crippen LogP contribution in [-0.2, 0) is 16.0 Å². The molecule has 2 aromatic carbocycles. The normalized spacial score (nSPS) is 23.0. The molecule has 2 aromatic rings. The fraction of sp³-hybridized carbons (Fsp3) is 0.318. The standard InChI is InChI=1S/C22H24N4O3S/c1-30-17-9-5-8-15(11-17)23-22(29)24-16-12-19-20(27)25-18(21(28)26(19)13-16)10-14-6-3-2-4-7-14/h2-9,11,16,18-19H,10,12-13H2,1H3,(H,25,27)(H2,23,24,29)/t16-,18-,19-/m0/s1. The Morgan fingerprint density at radius 3 is 2.73 bits per heavy atom. The lowest BCUT2D eigenvalue weighted by Crippen LogP contribution is -2.61. The number of hydrogen-bond acceptors (Lipinski definition) is 4. The number of anilines is 1. The number of rotatable bonds is 5. The van der Waals surface area contributed by atoms with Crippen LogP contribution >= 0.6 is 11.8 Å². The highest BCUT2D eigenvalue weighted by Gasteiger charge is 2.46. The van der Waals surface area contributed by atoms with Crippen LogP contribution in [0, 0.1) is 0 Å². The highest BCUT2D eigenvalue weighted by molar-refractivity contribution is 7.98. The third-order valence-electron chi connectivity index (χ3n) is 5.45. The molecule has 3 atom stereocenters. The van der Waals surface area contributed by atoms with E-state index in [0.717, 1.165) is 10.5 Å². The Balaban J connectivity index is 1.36. The summed E-state index contributed by atoms with van der Waals surface area (Å²) in [6, 6.07) is 15.5. The van der Waals surface area contributed by atoms with Gasteiger partial charge in [0.15, 0.2) is 0 Å². The monoisotopic (exact) mass is 424 g/mol. The Bertz CT molecular complexity index is 952. The molecule has 8 heteroatoms. The van der Waals surface area contributed by atoms with E-state index in [4.69, 9.17) is 0 Å². The molecule has 2 heterocycles. The highest BCUT2D eigenvalue weighted by Crippen LogP contribution is 2.24. The number of hydrogen-bond donors (Lipinski definition) is 3. The third kappa shape index (κ3) is 4.43. The molecular weight excluding hydrogens is 400 g/mol. The lowest BCUT2D eigenvalue weighted by molar-refractivity contribution is -0.147. The first-order valence-electron chi connectivity index (χ1n) is 9.90. The van der Waals surface area contributed by atoms with Crippen molar-refractivity contribution >= 4 is 35.3 Å². The topological polar surface area (TPSA) is 90.5 Å². The summed E-state index contributed by atoms with van der Waals surface area (Å²) in [5.41, 5.74) is 1.70. The van der Waals surface area contributed by atoms with Crippen LogP contribution in [0.25, 0.3) is 0 Å². The van der Waals surface area contributed by atoms with Crippen molar-refractivity contribution in [1.29, 1.82) is 0 Å². The summed E-state index contributed by atoms with van der Waals surface area (Å²) >= 11 is 1.60. The Morgan fingerprint density at radius 2 is 1.97 bits per heavy atom. The molecule has 2 aliphatic heterocycles. The van der Waals surface area contributed by atoms with Gasteiger partial charge >= 0.3 is 6.03 Å². The number of amides is 4. The predicted octanol–water partition coefficient (Wildman–Crippen LogP) is 2.24. The SMILES string of the molecule is CSc1cccc(NC(=O)N[C@H]2C[C@H]3C(=O)N[C@@H](Cc4ccccc4)C(=O)N3C2)c1. The average Bonchev–Trinajstić information content (AvgIpc) is 3.17. The zero-order chi connectivity index (χ0) is 21.1. The molecule has 0 radical (unpaired) electrons. The van der Waals surface area contributed by atoms with Crippen LogP contribution in [0.4, 0.5) is 10.5 Å². The second-order valence-corrected chi connectivity index (χ2v) is 8.40. The van der Waals surface area contributed by atoms with Crippen molar-refractivity contribution in [3.8, 4) is 0 Å². The second kappa shape index (κ2) is 8.79. The minimum absolute atomic E-state index is 0.0965. The van der Waals surface area contributed by atoms with E-state index in [1.165, 1.54) is 0 Å². The van der Waals surface area contributed by atoms with Crippen LogP contribution in [0.1, 0.15) is 12.0 Å². The summed E-state index contributed by atoms with van der Waals surface area (Å²) in [4.78, 5) is 40.6. The summed E-state index contributed by atoms with van der Waals surface area (Å²) in [6.07, 6.45) is 2.84. The fourth-order valence-corrected chi connectivity index (χ4v) is 4.46. The van der Waals surface area contributed by atoms with Crippen LogP contribution in [0.3, 0.4) is 0 Å². The molecule has 0 aliphatic carbocycles. The van der Waals surface area contributed by atoms with Crippen molar-refractivity contribution in [3.63, 3.8) is 0 Å². The summed E-state index contributed by atoms with van der Waals surface area (Å²) in [5, 5.41) is 8.57. The molecule has 2 saturated heterocycles. The van der Waals surface area contributed by atoms with Gasteiger partial charge in [0.1, 0.15) is 12.1 Å². The van der Waals surface area contributed by atoms with Crippen LogP contribution < -0.4 is 16.0 Å². The lowest BCUT2D eigenvalue weighted by atomic mass is 10.0. The van der Waals surface area contributed by atoms with Crippen molar-refractivity contribution in [2.75, 3.05) is 18.1 Å². The zero-order valence-electron chi connectivity index (χ0n) is 16.6. The molecule has 0 bridgehead atoms. The maximum absolute atomic E-state index is 12.9. The minimum atomic E-state index is -0.571. The first-order chi connectivity index (χ1) is 14.5. The van der Waals surface area contributed by atoms with Crippen molar-refractivity contribution < 1.29 is 14.4 Å². The first kappa shape index (κ1) is 20.3. The molecule has 4 amide bonds. The lowest BCUT2D eigenvalue weighted by Gasteiger charge is -2.34. The average molecular weight is 425 g/mol. The number of thioether (sulfide) groups is 1. The molecule has 0 spiro atoms. The van der Waals surface area contributed by atoms with Gasteiger partial charge in [-0.2, -0.15) is 0 Å². The molecule has 0 saturated carbocycles. The number of fused-ring (bicyclic) bond motifs is 1. The molecule has 0 unspecified atom stereocenters. The zero-order valence-corrected chi connectivity index (χ0v) is 17.4. The van der Waals surface area contributed by atoms with Crippen molar-refractivity contribution in [2.45, 2.75) is 35.9 Å². The molecule has 2 fully saturated rings. The third-order valence-corrected chi connectivity index (χ3v) is 6.17. The Hall–Kier alpha value is -3.00. The van der Waals surface area contributed by atoms with Gasteiger partial charge in [-0.3, -0.25) is 9.59 Å². The highest BCUT2D eigenvalue weighted by atomic mass is 32.2. The number of nitrogens with zero attached hydrogens (tertiary/aromatic N) is 1. The summed E-state index contributed by atoms with van der Waals surface area (Å²) in [7, 11) is 0. The predicted molar refractivity (Wildman–Crippen MR) is 116 cm³/mol. The van der Waals surface area contributed by atoms with Gasteiger partial charge < -0.3 is 20.9 Å². The molecule has 4 rings (SSSR count). The van der Waals surface area contributed by atoms with Crippen LogP contribution in [0.5, 0.6) is 0 Å². The summed E-state index contributed by atoms with van der Waals surface area (Å²) in [5.74, 6) is -0.256. The smallest absolute Gasteiger partial charge is 0.319 e. The fourth-order valence-electron chi connectivity index (χ4n) is 4.00. The second-order valence-electron chi connectivity index (χ2n) is 7.52.